The SMILES string of the molecule is CCN1CCN(CCOc2ccc(/C(N)=N/O)cc2)CC1. The number of amidine groups is 1. The number of oxime groups is 1. The first-order chi connectivity index (χ1) is 10.2. The van der Waals surface area contributed by atoms with E-state index in [-0.39, 0.29) is 5.84 Å². The fraction of sp³-hybridized carbons (Fsp3) is 0.533. The number of ether oxygens (including phenoxy) is 1. The second kappa shape index (κ2) is 7.85. The molecule has 1 heterocycles. The Morgan fingerprint density at radius 2 is 1.81 bits per heavy atom. The minimum absolute atomic E-state index is 0.107. The van der Waals surface area contributed by atoms with Crippen LogP contribution in [0.4, 0.5) is 0 Å². The van der Waals surface area contributed by atoms with Crippen LogP contribution in [0.15, 0.2) is 29.4 Å². The molecule has 1 saturated heterocycles. The Balaban J connectivity index is 1.71. The Morgan fingerprint density at radius 1 is 1.19 bits per heavy atom. The van der Waals surface area contributed by atoms with Gasteiger partial charge in [0.2, 0.25) is 0 Å². The molecule has 0 bridgehead atoms. The van der Waals surface area contributed by atoms with Gasteiger partial charge in [-0.3, -0.25) is 4.90 Å². The first-order valence-corrected chi connectivity index (χ1v) is 7.38. The van der Waals surface area contributed by atoms with Gasteiger partial charge in [0.15, 0.2) is 5.84 Å². The van der Waals surface area contributed by atoms with Crippen molar-refractivity contribution < 1.29 is 9.94 Å². The molecule has 1 aromatic rings. The quantitative estimate of drug-likeness (QED) is 0.351. The number of nitrogens with zero attached hydrogens (tertiary/aromatic N) is 3. The van der Waals surface area contributed by atoms with Crippen molar-refractivity contribution in [2.24, 2.45) is 10.9 Å². The van der Waals surface area contributed by atoms with Gasteiger partial charge in [0.1, 0.15) is 12.4 Å². The Hall–Kier alpha value is -1.79. The Bertz CT molecular complexity index is 453. The highest BCUT2D eigenvalue weighted by Crippen LogP contribution is 2.12. The average Bonchev–Trinajstić information content (AvgIpc) is 2.55. The first kappa shape index (κ1) is 15.6. The first-order valence-electron chi connectivity index (χ1n) is 7.38. The van der Waals surface area contributed by atoms with E-state index in [0.717, 1.165) is 45.0 Å². The normalized spacial score (nSPS) is 17.9. The smallest absolute Gasteiger partial charge is 0.170 e. The molecule has 1 fully saturated rings. The minimum atomic E-state index is 0.107. The van der Waals surface area contributed by atoms with Gasteiger partial charge in [-0.05, 0) is 30.8 Å². The molecule has 6 heteroatoms. The van der Waals surface area contributed by atoms with Crippen molar-refractivity contribution in [3.05, 3.63) is 29.8 Å². The topological polar surface area (TPSA) is 74.3 Å². The maximum atomic E-state index is 8.60. The van der Waals surface area contributed by atoms with E-state index in [1.54, 1.807) is 12.1 Å². The van der Waals surface area contributed by atoms with Crippen molar-refractivity contribution in [3.8, 4) is 5.75 Å². The lowest BCUT2D eigenvalue weighted by molar-refractivity contribution is 0.121. The zero-order chi connectivity index (χ0) is 15.1. The standard InChI is InChI=1S/C15H24N4O2/c1-2-18-7-9-19(10-8-18)11-12-21-14-5-3-13(4-6-14)15(16)17-20/h3-6,20H,2,7-12H2,1H3,(H2,16,17). The number of hydrogen-bond acceptors (Lipinski definition) is 5. The molecule has 21 heavy (non-hydrogen) atoms. The second-order valence-electron chi connectivity index (χ2n) is 5.13. The van der Waals surface area contributed by atoms with E-state index in [1.165, 1.54) is 0 Å². The highest BCUT2D eigenvalue weighted by atomic mass is 16.5. The number of hydrogen-bond donors (Lipinski definition) is 2. The minimum Gasteiger partial charge on any atom is -0.492 e. The van der Waals surface area contributed by atoms with Crippen molar-refractivity contribution in [3.63, 3.8) is 0 Å². The van der Waals surface area contributed by atoms with Gasteiger partial charge in [-0.1, -0.05) is 12.1 Å². The molecule has 116 valence electrons. The van der Waals surface area contributed by atoms with Gasteiger partial charge >= 0.3 is 0 Å². The monoisotopic (exact) mass is 292 g/mol. The summed E-state index contributed by atoms with van der Waals surface area (Å²) < 4.78 is 5.73. The lowest BCUT2D eigenvalue weighted by Crippen LogP contribution is -2.47. The molecule has 0 unspecified atom stereocenters. The van der Waals surface area contributed by atoms with E-state index in [9.17, 15) is 0 Å². The molecule has 0 spiro atoms. The number of piperazine rings is 1. The van der Waals surface area contributed by atoms with Crippen LogP contribution in [0.1, 0.15) is 12.5 Å². The Kier molecular flexibility index (Phi) is 5.83. The van der Waals surface area contributed by atoms with Crippen LogP contribution in [0.3, 0.4) is 0 Å². The van der Waals surface area contributed by atoms with Crippen LogP contribution in [-0.4, -0.2) is 66.7 Å². The lowest BCUT2D eigenvalue weighted by atomic mass is 10.2. The van der Waals surface area contributed by atoms with Crippen LogP contribution >= 0.6 is 0 Å². The number of likely N-dealkylation sites (N-methyl/N-ethyl adjacent to an activating group) is 1. The predicted molar refractivity (Wildman–Crippen MR) is 83.0 cm³/mol. The average molecular weight is 292 g/mol. The van der Waals surface area contributed by atoms with E-state index in [4.69, 9.17) is 15.7 Å². The van der Waals surface area contributed by atoms with Gasteiger partial charge in [0.25, 0.3) is 0 Å². The fourth-order valence-corrected chi connectivity index (χ4v) is 2.40. The van der Waals surface area contributed by atoms with Crippen molar-refractivity contribution >= 4 is 5.84 Å². The molecule has 6 nitrogen and oxygen atoms in total. The molecular weight excluding hydrogens is 268 g/mol. The summed E-state index contributed by atoms with van der Waals surface area (Å²) in [5.74, 6) is 0.909. The third-order valence-electron chi connectivity index (χ3n) is 3.85. The van der Waals surface area contributed by atoms with Crippen LogP contribution in [-0.2, 0) is 0 Å². The molecular formula is C15H24N4O2. The van der Waals surface area contributed by atoms with Gasteiger partial charge in [0, 0.05) is 38.3 Å². The fourth-order valence-electron chi connectivity index (χ4n) is 2.40. The maximum Gasteiger partial charge on any atom is 0.170 e. The molecule has 1 aromatic carbocycles. The van der Waals surface area contributed by atoms with Crippen LogP contribution in [0, 0.1) is 0 Å². The molecule has 3 N–H and O–H groups in total. The molecule has 1 aliphatic rings. The summed E-state index contributed by atoms with van der Waals surface area (Å²) in [5.41, 5.74) is 6.19. The van der Waals surface area contributed by atoms with Crippen molar-refractivity contribution in [2.75, 3.05) is 45.9 Å². The summed E-state index contributed by atoms with van der Waals surface area (Å²) in [4.78, 5) is 4.89. The van der Waals surface area contributed by atoms with Crippen molar-refractivity contribution in [1.29, 1.82) is 0 Å². The number of benzene rings is 1. The van der Waals surface area contributed by atoms with E-state index < -0.39 is 0 Å². The molecule has 0 amide bonds. The molecule has 0 saturated carbocycles. The lowest BCUT2D eigenvalue weighted by Gasteiger charge is -2.33. The number of nitrogens with two attached hydrogens (primary N) is 1. The molecule has 0 aliphatic carbocycles. The molecule has 1 aliphatic heterocycles. The summed E-state index contributed by atoms with van der Waals surface area (Å²) in [6.45, 7) is 9.47. The van der Waals surface area contributed by atoms with Crippen LogP contribution in [0.5, 0.6) is 5.75 Å². The molecule has 0 radical (unpaired) electrons. The molecule has 0 aromatic heterocycles. The van der Waals surface area contributed by atoms with E-state index in [2.05, 4.69) is 21.9 Å². The predicted octanol–water partition coefficient (Wildman–Crippen LogP) is 0.797. The van der Waals surface area contributed by atoms with E-state index >= 15 is 0 Å². The van der Waals surface area contributed by atoms with Gasteiger partial charge in [-0.15, -0.1) is 0 Å². The zero-order valence-corrected chi connectivity index (χ0v) is 12.5. The summed E-state index contributed by atoms with van der Waals surface area (Å²) in [5, 5.41) is 11.6. The van der Waals surface area contributed by atoms with Crippen molar-refractivity contribution in [2.45, 2.75) is 6.92 Å². The Morgan fingerprint density at radius 3 is 2.38 bits per heavy atom. The second-order valence-corrected chi connectivity index (χ2v) is 5.13. The maximum absolute atomic E-state index is 8.60. The van der Waals surface area contributed by atoms with Gasteiger partial charge in [-0.2, -0.15) is 0 Å². The van der Waals surface area contributed by atoms with Crippen LogP contribution < -0.4 is 10.5 Å². The highest BCUT2D eigenvalue weighted by molar-refractivity contribution is 5.97. The van der Waals surface area contributed by atoms with Crippen LogP contribution in [0.2, 0.25) is 0 Å². The van der Waals surface area contributed by atoms with Gasteiger partial charge in [-0.25, -0.2) is 0 Å². The largest absolute Gasteiger partial charge is 0.492 e. The van der Waals surface area contributed by atoms with E-state index in [1.807, 2.05) is 12.1 Å². The van der Waals surface area contributed by atoms with Crippen molar-refractivity contribution in [1.82, 2.24) is 9.80 Å². The highest BCUT2D eigenvalue weighted by Gasteiger charge is 2.14. The third-order valence-corrected chi connectivity index (χ3v) is 3.85. The molecule has 2 rings (SSSR count). The zero-order valence-electron chi connectivity index (χ0n) is 12.5. The summed E-state index contributed by atoms with van der Waals surface area (Å²) in [7, 11) is 0. The van der Waals surface area contributed by atoms with Gasteiger partial charge < -0.3 is 20.6 Å². The summed E-state index contributed by atoms with van der Waals surface area (Å²) in [6.07, 6.45) is 0. The molecule has 0 atom stereocenters. The third kappa shape index (κ3) is 4.61. The number of rotatable bonds is 6. The van der Waals surface area contributed by atoms with E-state index in [0.29, 0.717) is 12.2 Å². The Labute approximate surface area is 125 Å². The summed E-state index contributed by atoms with van der Waals surface area (Å²) in [6, 6.07) is 7.24. The van der Waals surface area contributed by atoms with Crippen LogP contribution in [0.25, 0.3) is 0 Å². The summed E-state index contributed by atoms with van der Waals surface area (Å²) >= 11 is 0. The van der Waals surface area contributed by atoms with Gasteiger partial charge in [0.05, 0.1) is 0 Å².